The van der Waals surface area contributed by atoms with Crippen LogP contribution in [0, 0.1) is 24.7 Å². The Morgan fingerprint density at radius 2 is 1.88 bits per heavy atom. The number of carboxylic acids is 1. The second kappa shape index (κ2) is 7.34. The van der Waals surface area contributed by atoms with Crippen molar-refractivity contribution in [3.05, 3.63) is 35.4 Å². The summed E-state index contributed by atoms with van der Waals surface area (Å²) in [4.78, 5) is 23.3. The molecule has 5 heteroatoms. The van der Waals surface area contributed by atoms with E-state index in [1.807, 2.05) is 0 Å². The number of carbonyl (C=O) groups is 2. The number of rotatable bonds is 5. The predicted octanol–water partition coefficient (Wildman–Crippen LogP) is 2.69. The molecule has 1 heterocycles. The molecule has 24 heavy (non-hydrogen) atoms. The molecule has 4 unspecified atom stereocenters. The molecule has 0 aromatic heterocycles. The molecular weight excluding hydrogens is 306 g/mol. The van der Waals surface area contributed by atoms with Crippen LogP contribution in [-0.2, 0) is 14.3 Å². The molecule has 2 N–H and O–H groups in total. The third-order valence-corrected chi connectivity index (χ3v) is 5.32. The van der Waals surface area contributed by atoms with Crippen LogP contribution in [0.5, 0.6) is 0 Å². The third-order valence-electron chi connectivity index (χ3n) is 5.32. The van der Waals surface area contributed by atoms with Gasteiger partial charge in [-0.1, -0.05) is 29.8 Å². The number of nitrogens with one attached hydrogen (secondary N) is 1. The molecule has 130 valence electrons. The number of amides is 1. The van der Waals surface area contributed by atoms with Crippen molar-refractivity contribution in [2.45, 2.75) is 38.7 Å². The first-order valence-corrected chi connectivity index (χ1v) is 8.75. The Morgan fingerprint density at radius 1 is 1.17 bits per heavy atom. The Kier molecular flexibility index (Phi) is 5.19. The zero-order chi connectivity index (χ0) is 17.1. The van der Waals surface area contributed by atoms with Gasteiger partial charge in [-0.2, -0.15) is 0 Å². The number of ether oxygens (including phenoxy) is 1. The monoisotopic (exact) mass is 331 g/mol. The summed E-state index contributed by atoms with van der Waals surface area (Å²) in [7, 11) is 0. The van der Waals surface area contributed by atoms with E-state index in [0.717, 1.165) is 25.0 Å². The Bertz CT molecular complexity index is 598. The fourth-order valence-electron chi connectivity index (χ4n) is 3.65. The molecule has 3 rings (SSSR count). The first kappa shape index (κ1) is 17.0. The van der Waals surface area contributed by atoms with Gasteiger partial charge in [-0.25, -0.2) is 0 Å². The lowest BCUT2D eigenvalue weighted by molar-refractivity contribution is -0.152. The molecule has 1 amide bonds. The molecular formula is C19H25NO4. The van der Waals surface area contributed by atoms with Crippen molar-refractivity contribution in [1.82, 2.24) is 5.32 Å². The molecule has 2 aliphatic rings. The number of hydrogen-bond acceptors (Lipinski definition) is 3. The highest BCUT2D eigenvalue weighted by Gasteiger charge is 2.41. The summed E-state index contributed by atoms with van der Waals surface area (Å²) >= 11 is 0. The molecule has 1 aromatic rings. The van der Waals surface area contributed by atoms with Gasteiger partial charge in [0.1, 0.15) is 0 Å². The van der Waals surface area contributed by atoms with Gasteiger partial charge < -0.3 is 15.2 Å². The lowest BCUT2D eigenvalue weighted by Gasteiger charge is -2.35. The zero-order valence-electron chi connectivity index (χ0n) is 14.0. The first-order chi connectivity index (χ1) is 11.6. The second-order valence-corrected chi connectivity index (χ2v) is 6.98. The molecule has 0 spiro atoms. The predicted molar refractivity (Wildman–Crippen MR) is 89.5 cm³/mol. The fraction of sp³-hybridized carbons (Fsp3) is 0.579. The first-order valence-electron chi connectivity index (χ1n) is 8.75. The number of carboxylic acid groups (broad SMARTS) is 1. The molecule has 0 radical (unpaired) electrons. The fourth-order valence-corrected chi connectivity index (χ4v) is 3.65. The molecule has 1 aliphatic carbocycles. The Morgan fingerprint density at radius 3 is 2.50 bits per heavy atom. The summed E-state index contributed by atoms with van der Waals surface area (Å²) in [6, 6.07) is 8.34. The van der Waals surface area contributed by atoms with E-state index >= 15 is 0 Å². The number of benzene rings is 1. The topological polar surface area (TPSA) is 75.6 Å². The molecule has 2 fully saturated rings. The third kappa shape index (κ3) is 3.61. The largest absolute Gasteiger partial charge is 0.481 e. The van der Waals surface area contributed by atoms with Crippen molar-refractivity contribution in [1.29, 1.82) is 0 Å². The lowest BCUT2D eigenvalue weighted by atomic mass is 9.73. The zero-order valence-corrected chi connectivity index (χ0v) is 14.0. The SMILES string of the molecule is Cc1ccc(C2OCCCC2CNC(=O)C2CCC2C(=O)O)cc1. The van der Waals surface area contributed by atoms with E-state index in [1.54, 1.807) is 0 Å². The number of aryl methyl sites for hydroxylation is 1. The molecule has 1 aromatic carbocycles. The molecule has 1 aliphatic heterocycles. The van der Waals surface area contributed by atoms with Crippen LogP contribution >= 0.6 is 0 Å². The van der Waals surface area contributed by atoms with E-state index in [2.05, 4.69) is 36.5 Å². The average molecular weight is 331 g/mol. The van der Waals surface area contributed by atoms with Crippen LogP contribution < -0.4 is 5.32 Å². The number of aliphatic carboxylic acids is 1. The van der Waals surface area contributed by atoms with E-state index in [0.29, 0.717) is 19.4 Å². The van der Waals surface area contributed by atoms with E-state index in [-0.39, 0.29) is 23.8 Å². The summed E-state index contributed by atoms with van der Waals surface area (Å²) in [5.74, 6) is -1.64. The van der Waals surface area contributed by atoms with Crippen molar-refractivity contribution in [2.24, 2.45) is 17.8 Å². The van der Waals surface area contributed by atoms with Crippen molar-refractivity contribution in [2.75, 3.05) is 13.2 Å². The van der Waals surface area contributed by atoms with Gasteiger partial charge in [-0.15, -0.1) is 0 Å². The second-order valence-electron chi connectivity index (χ2n) is 6.98. The average Bonchev–Trinajstić information content (AvgIpc) is 2.52. The van der Waals surface area contributed by atoms with Crippen LogP contribution in [0.1, 0.15) is 42.9 Å². The van der Waals surface area contributed by atoms with Crippen LogP contribution in [0.25, 0.3) is 0 Å². The van der Waals surface area contributed by atoms with Crippen molar-refractivity contribution >= 4 is 11.9 Å². The van der Waals surface area contributed by atoms with Gasteiger partial charge in [0.2, 0.25) is 5.91 Å². The maximum absolute atomic E-state index is 12.3. The maximum atomic E-state index is 12.3. The smallest absolute Gasteiger partial charge is 0.307 e. The molecule has 0 bridgehead atoms. The van der Waals surface area contributed by atoms with Gasteiger partial charge in [0.05, 0.1) is 17.9 Å². The molecule has 1 saturated heterocycles. The Balaban J connectivity index is 1.59. The van der Waals surface area contributed by atoms with Crippen LogP contribution in [0.15, 0.2) is 24.3 Å². The molecule has 1 saturated carbocycles. The van der Waals surface area contributed by atoms with Gasteiger partial charge in [0.25, 0.3) is 0 Å². The Hall–Kier alpha value is -1.88. The highest BCUT2D eigenvalue weighted by molar-refractivity contribution is 5.86. The highest BCUT2D eigenvalue weighted by Crippen LogP contribution is 2.36. The van der Waals surface area contributed by atoms with Gasteiger partial charge >= 0.3 is 5.97 Å². The normalized spacial score (nSPS) is 29.5. The van der Waals surface area contributed by atoms with Gasteiger partial charge in [-0.05, 0) is 38.2 Å². The van der Waals surface area contributed by atoms with Crippen molar-refractivity contribution in [3.8, 4) is 0 Å². The maximum Gasteiger partial charge on any atom is 0.307 e. The van der Waals surface area contributed by atoms with Crippen LogP contribution in [0.3, 0.4) is 0 Å². The standard InChI is InChI=1S/C19H25NO4/c1-12-4-6-13(7-5-12)17-14(3-2-10-24-17)11-20-18(21)15-8-9-16(15)19(22)23/h4-7,14-17H,2-3,8-11H2,1H3,(H,20,21)(H,22,23). The highest BCUT2D eigenvalue weighted by atomic mass is 16.5. The van der Waals surface area contributed by atoms with Gasteiger partial charge in [-0.3, -0.25) is 9.59 Å². The van der Waals surface area contributed by atoms with Crippen molar-refractivity contribution < 1.29 is 19.4 Å². The van der Waals surface area contributed by atoms with E-state index in [1.165, 1.54) is 5.56 Å². The van der Waals surface area contributed by atoms with Gasteiger partial charge in [0.15, 0.2) is 0 Å². The van der Waals surface area contributed by atoms with Crippen LogP contribution in [0.4, 0.5) is 0 Å². The number of hydrogen-bond donors (Lipinski definition) is 2. The molecule has 4 atom stereocenters. The summed E-state index contributed by atoms with van der Waals surface area (Å²) in [6.07, 6.45) is 3.27. The summed E-state index contributed by atoms with van der Waals surface area (Å²) in [5.41, 5.74) is 2.36. The minimum Gasteiger partial charge on any atom is -0.481 e. The van der Waals surface area contributed by atoms with Crippen LogP contribution in [-0.4, -0.2) is 30.1 Å². The lowest BCUT2D eigenvalue weighted by Crippen LogP contribution is -2.46. The number of carbonyl (C=O) groups excluding carboxylic acids is 1. The molecule has 5 nitrogen and oxygen atoms in total. The van der Waals surface area contributed by atoms with E-state index in [9.17, 15) is 9.59 Å². The van der Waals surface area contributed by atoms with Crippen molar-refractivity contribution in [3.63, 3.8) is 0 Å². The van der Waals surface area contributed by atoms with E-state index in [4.69, 9.17) is 9.84 Å². The quantitative estimate of drug-likeness (QED) is 0.870. The van der Waals surface area contributed by atoms with Crippen LogP contribution in [0.2, 0.25) is 0 Å². The summed E-state index contributed by atoms with van der Waals surface area (Å²) < 4.78 is 5.96. The summed E-state index contributed by atoms with van der Waals surface area (Å²) in [6.45, 7) is 3.34. The summed E-state index contributed by atoms with van der Waals surface area (Å²) in [5, 5.41) is 12.1. The Labute approximate surface area is 142 Å². The van der Waals surface area contributed by atoms with E-state index < -0.39 is 11.9 Å². The minimum atomic E-state index is -0.861. The minimum absolute atomic E-state index is 0.00342. The van der Waals surface area contributed by atoms with Gasteiger partial charge in [0, 0.05) is 19.1 Å².